The zero-order chi connectivity index (χ0) is 13.6. The number of likely N-dealkylation sites (N-methyl/N-ethyl adjacent to an activating group) is 1. The van der Waals surface area contributed by atoms with Gasteiger partial charge in [0.1, 0.15) is 5.41 Å². The van der Waals surface area contributed by atoms with Crippen LogP contribution < -0.4 is 5.32 Å². The highest BCUT2D eigenvalue weighted by Crippen LogP contribution is 2.14. The number of hydrogen-bond donors (Lipinski definition) is 2. The molecule has 0 bridgehead atoms. The molecule has 0 aliphatic carbocycles. The Balaban J connectivity index is 4.35. The zero-order valence-electron chi connectivity index (χ0n) is 10.7. The summed E-state index contributed by atoms with van der Waals surface area (Å²) in [5.41, 5.74) is -1.52. The Morgan fingerprint density at radius 1 is 1.18 bits per heavy atom. The molecule has 0 radical (unpaired) electrons. The minimum atomic E-state index is -1.52. The SMILES string of the molecule is CCN(CC)C(=O)CNC(=O)C(C)(C)C(=O)O. The first kappa shape index (κ1) is 15.4. The number of carboxylic acid groups (broad SMARTS) is 1. The van der Waals surface area contributed by atoms with E-state index < -0.39 is 17.3 Å². The van der Waals surface area contributed by atoms with Crippen molar-refractivity contribution in [3.05, 3.63) is 0 Å². The Hall–Kier alpha value is -1.59. The molecule has 2 N–H and O–H groups in total. The van der Waals surface area contributed by atoms with Gasteiger partial charge in [0.25, 0.3) is 0 Å². The van der Waals surface area contributed by atoms with Gasteiger partial charge in [-0.25, -0.2) is 0 Å². The number of hydrogen-bond acceptors (Lipinski definition) is 3. The first-order chi connectivity index (χ1) is 7.77. The third kappa shape index (κ3) is 4.05. The average molecular weight is 244 g/mol. The number of amides is 2. The highest BCUT2D eigenvalue weighted by atomic mass is 16.4. The second-order valence-corrected chi connectivity index (χ2v) is 4.18. The van der Waals surface area contributed by atoms with Gasteiger partial charge in [-0.15, -0.1) is 0 Å². The van der Waals surface area contributed by atoms with Crippen LogP contribution in [-0.4, -0.2) is 47.4 Å². The fourth-order valence-electron chi connectivity index (χ4n) is 1.16. The maximum absolute atomic E-state index is 11.6. The van der Waals surface area contributed by atoms with Crippen LogP contribution in [0.25, 0.3) is 0 Å². The highest BCUT2D eigenvalue weighted by molar-refractivity contribution is 6.02. The van der Waals surface area contributed by atoms with Crippen LogP contribution in [0.2, 0.25) is 0 Å². The molecule has 0 saturated carbocycles. The number of carboxylic acids is 1. The summed E-state index contributed by atoms with van der Waals surface area (Å²) >= 11 is 0. The first-order valence-electron chi connectivity index (χ1n) is 5.56. The largest absolute Gasteiger partial charge is 0.480 e. The van der Waals surface area contributed by atoms with E-state index in [4.69, 9.17) is 5.11 Å². The van der Waals surface area contributed by atoms with Crippen molar-refractivity contribution in [3.8, 4) is 0 Å². The summed E-state index contributed by atoms with van der Waals surface area (Å²) in [5, 5.41) is 11.2. The van der Waals surface area contributed by atoms with Crippen LogP contribution in [0.15, 0.2) is 0 Å². The molecule has 98 valence electrons. The van der Waals surface area contributed by atoms with Gasteiger partial charge in [-0.2, -0.15) is 0 Å². The van der Waals surface area contributed by atoms with Crippen molar-refractivity contribution in [2.75, 3.05) is 19.6 Å². The van der Waals surface area contributed by atoms with Gasteiger partial charge in [0, 0.05) is 13.1 Å². The third-order valence-electron chi connectivity index (χ3n) is 2.62. The van der Waals surface area contributed by atoms with E-state index in [1.54, 1.807) is 4.90 Å². The topological polar surface area (TPSA) is 86.7 Å². The standard InChI is InChI=1S/C11H20N2O4/c1-5-13(6-2)8(14)7-12-9(15)11(3,4)10(16)17/h5-7H2,1-4H3,(H,12,15)(H,16,17). The van der Waals surface area contributed by atoms with Crippen LogP contribution in [-0.2, 0) is 14.4 Å². The molecule has 0 aliphatic heterocycles. The van der Waals surface area contributed by atoms with E-state index in [0.29, 0.717) is 13.1 Å². The van der Waals surface area contributed by atoms with E-state index in [2.05, 4.69) is 5.32 Å². The molecule has 0 saturated heterocycles. The Labute approximate surface area is 101 Å². The van der Waals surface area contributed by atoms with E-state index >= 15 is 0 Å². The molecular formula is C11H20N2O4. The van der Waals surface area contributed by atoms with Gasteiger partial charge in [0.2, 0.25) is 11.8 Å². The van der Waals surface area contributed by atoms with Gasteiger partial charge in [0.05, 0.1) is 6.54 Å². The summed E-state index contributed by atoms with van der Waals surface area (Å²) in [4.78, 5) is 35.5. The normalized spacial score (nSPS) is 10.8. The van der Waals surface area contributed by atoms with E-state index in [0.717, 1.165) is 0 Å². The molecule has 0 spiro atoms. The summed E-state index contributed by atoms with van der Waals surface area (Å²) in [5.74, 6) is -2.10. The molecule has 0 aromatic rings. The maximum atomic E-state index is 11.6. The minimum absolute atomic E-state index is 0.169. The maximum Gasteiger partial charge on any atom is 0.318 e. The van der Waals surface area contributed by atoms with Gasteiger partial charge >= 0.3 is 5.97 Å². The summed E-state index contributed by atoms with van der Waals surface area (Å²) in [7, 11) is 0. The number of rotatable bonds is 6. The second-order valence-electron chi connectivity index (χ2n) is 4.18. The van der Waals surface area contributed by atoms with E-state index in [-0.39, 0.29) is 12.5 Å². The van der Waals surface area contributed by atoms with Crippen molar-refractivity contribution in [1.29, 1.82) is 0 Å². The van der Waals surface area contributed by atoms with Gasteiger partial charge in [-0.3, -0.25) is 14.4 Å². The molecule has 0 aromatic carbocycles. The summed E-state index contributed by atoms with van der Waals surface area (Å²) in [6.07, 6.45) is 0. The van der Waals surface area contributed by atoms with Gasteiger partial charge in [0.15, 0.2) is 0 Å². The van der Waals surface area contributed by atoms with Crippen molar-refractivity contribution in [3.63, 3.8) is 0 Å². The lowest BCUT2D eigenvalue weighted by Crippen LogP contribution is -2.46. The lowest BCUT2D eigenvalue weighted by Gasteiger charge is -2.21. The van der Waals surface area contributed by atoms with Crippen LogP contribution in [0.5, 0.6) is 0 Å². The predicted molar refractivity (Wildman–Crippen MR) is 62.4 cm³/mol. The second kappa shape index (κ2) is 6.22. The molecule has 0 aromatic heterocycles. The summed E-state index contributed by atoms with van der Waals surface area (Å²) < 4.78 is 0. The molecular weight excluding hydrogens is 224 g/mol. The molecule has 2 amide bonds. The van der Waals surface area contributed by atoms with Crippen LogP contribution in [0.1, 0.15) is 27.7 Å². The summed E-state index contributed by atoms with van der Waals surface area (Å²) in [6.45, 7) is 7.23. The molecule has 6 heteroatoms. The fourth-order valence-corrected chi connectivity index (χ4v) is 1.16. The van der Waals surface area contributed by atoms with E-state index in [1.165, 1.54) is 13.8 Å². The lowest BCUT2D eigenvalue weighted by molar-refractivity contribution is -0.154. The van der Waals surface area contributed by atoms with E-state index in [9.17, 15) is 14.4 Å². The van der Waals surface area contributed by atoms with Crippen molar-refractivity contribution in [1.82, 2.24) is 10.2 Å². The molecule has 0 rings (SSSR count). The van der Waals surface area contributed by atoms with Crippen molar-refractivity contribution in [2.45, 2.75) is 27.7 Å². The number of aliphatic carboxylic acids is 1. The molecule has 0 unspecified atom stereocenters. The van der Waals surface area contributed by atoms with Crippen molar-refractivity contribution >= 4 is 17.8 Å². The predicted octanol–water partition coefficient (Wildman–Crippen LogP) is 0.0818. The first-order valence-corrected chi connectivity index (χ1v) is 5.56. The van der Waals surface area contributed by atoms with Gasteiger partial charge in [-0.05, 0) is 27.7 Å². The van der Waals surface area contributed by atoms with Crippen LogP contribution in [0, 0.1) is 5.41 Å². The number of carbonyl (C=O) groups excluding carboxylic acids is 2. The fraction of sp³-hybridized carbons (Fsp3) is 0.727. The van der Waals surface area contributed by atoms with Gasteiger partial charge in [-0.1, -0.05) is 0 Å². The average Bonchev–Trinajstić information content (AvgIpc) is 2.27. The number of carbonyl (C=O) groups is 3. The molecule has 0 fully saturated rings. The van der Waals surface area contributed by atoms with Crippen LogP contribution >= 0.6 is 0 Å². The van der Waals surface area contributed by atoms with Gasteiger partial charge < -0.3 is 15.3 Å². The molecule has 0 aliphatic rings. The van der Waals surface area contributed by atoms with E-state index in [1.807, 2.05) is 13.8 Å². The lowest BCUT2D eigenvalue weighted by atomic mass is 9.93. The van der Waals surface area contributed by atoms with Crippen molar-refractivity contribution in [2.24, 2.45) is 5.41 Å². The van der Waals surface area contributed by atoms with Crippen LogP contribution in [0.3, 0.4) is 0 Å². The van der Waals surface area contributed by atoms with Crippen molar-refractivity contribution < 1.29 is 19.5 Å². The van der Waals surface area contributed by atoms with Crippen LogP contribution in [0.4, 0.5) is 0 Å². The Morgan fingerprint density at radius 3 is 2.00 bits per heavy atom. The third-order valence-corrected chi connectivity index (χ3v) is 2.62. The smallest absolute Gasteiger partial charge is 0.318 e. The molecule has 6 nitrogen and oxygen atoms in total. The molecule has 0 heterocycles. The number of nitrogens with one attached hydrogen (secondary N) is 1. The minimum Gasteiger partial charge on any atom is -0.480 e. The summed E-state index contributed by atoms with van der Waals surface area (Å²) in [6, 6.07) is 0. The Kier molecular flexibility index (Phi) is 5.64. The highest BCUT2D eigenvalue weighted by Gasteiger charge is 2.36. The monoisotopic (exact) mass is 244 g/mol. The quantitative estimate of drug-likeness (QED) is 0.648. The Morgan fingerprint density at radius 2 is 1.65 bits per heavy atom. The zero-order valence-corrected chi connectivity index (χ0v) is 10.7. The molecule has 17 heavy (non-hydrogen) atoms. The molecule has 0 atom stereocenters. The Bertz CT molecular complexity index is 309. The number of nitrogens with zero attached hydrogens (tertiary/aromatic N) is 1.